The van der Waals surface area contributed by atoms with Gasteiger partial charge in [-0.05, 0) is 23.0 Å². The predicted molar refractivity (Wildman–Crippen MR) is 83.8 cm³/mol. The van der Waals surface area contributed by atoms with Crippen LogP contribution in [0.4, 0.5) is 5.69 Å². The van der Waals surface area contributed by atoms with Crippen LogP contribution in [0.5, 0.6) is 0 Å². The topological polar surface area (TPSA) is 55.1 Å². The van der Waals surface area contributed by atoms with E-state index in [0.29, 0.717) is 0 Å². The second-order valence-corrected chi connectivity index (χ2v) is 6.05. The Kier molecular flexibility index (Phi) is 6.53. The van der Waals surface area contributed by atoms with Crippen molar-refractivity contribution < 1.29 is 4.79 Å². The van der Waals surface area contributed by atoms with E-state index < -0.39 is 6.04 Å². The molecule has 0 aliphatic carbocycles. The summed E-state index contributed by atoms with van der Waals surface area (Å²) < 4.78 is 0. The van der Waals surface area contributed by atoms with Crippen molar-refractivity contribution in [1.29, 1.82) is 0 Å². The van der Waals surface area contributed by atoms with Crippen LogP contribution < -0.4 is 11.1 Å². The Balaban J connectivity index is 0.00000324. The number of anilines is 1. The van der Waals surface area contributed by atoms with E-state index in [1.165, 1.54) is 0 Å². The molecule has 0 aliphatic rings. The van der Waals surface area contributed by atoms with Crippen molar-refractivity contribution in [3.8, 4) is 0 Å². The average molecular weight is 285 g/mol. The highest BCUT2D eigenvalue weighted by molar-refractivity contribution is 5.95. The molecule has 0 radical (unpaired) electrons. The molecule has 0 heterocycles. The van der Waals surface area contributed by atoms with Gasteiger partial charge in [0.25, 0.3) is 0 Å². The largest absolute Gasteiger partial charge is 0.324 e. The van der Waals surface area contributed by atoms with E-state index in [-0.39, 0.29) is 29.6 Å². The molecule has 1 amide bonds. The molecule has 1 aromatic rings. The van der Waals surface area contributed by atoms with Crippen LogP contribution in [-0.2, 0) is 10.2 Å². The molecule has 0 aliphatic heterocycles. The van der Waals surface area contributed by atoms with Gasteiger partial charge in [-0.2, -0.15) is 0 Å². The zero-order valence-corrected chi connectivity index (χ0v) is 13.2. The number of hydrogen-bond donors (Lipinski definition) is 2. The third kappa shape index (κ3) is 4.84. The monoisotopic (exact) mass is 284 g/mol. The normalized spacial score (nSPS) is 12.8. The fourth-order valence-electron chi connectivity index (χ4n) is 1.76. The number of rotatable bonds is 3. The maximum Gasteiger partial charge on any atom is 0.241 e. The Hall–Kier alpha value is -1.06. The number of halogens is 1. The zero-order chi connectivity index (χ0) is 13.9. The number of amides is 1. The molecule has 19 heavy (non-hydrogen) atoms. The molecule has 3 nitrogen and oxygen atoms in total. The van der Waals surface area contributed by atoms with Gasteiger partial charge in [-0.25, -0.2) is 0 Å². The van der Waals surface area contributed by atoms with Crippen molar-refractivity contribution in [2.24, 2.45) is 11.7 Å². The van der Waals surface area contributed by atoms with Crippen LogP contribution in [0, 0.1) is 5.92 Å². The third-order valence-corrected chi connectivity index (χ3v) is 3.01. The summed E-state index contributed by atoms with van der Waals surface area (Å²) in [6, 6.07) is 7.39. The number of nitrogens with one attached hydrogen (secondary N) is 1. The molecule has 4 heteroatoms. The van der Waals surface area contributed by atoms with Gasteiger partial charge in [-0.1, -0.05) is 52.8 Å². The molecule has 0 spiro atoms. The summed E-state index contributed by atoms with van der Waals surface area (Å²) in [5.74, 6) is 0.00787. The van der Waals surface area contributed by atoms with E-state index >= 15 is 0 Å². The highest BCUT2D eigenvalue weighted by Gasteiger charge is 2.21. The van der Waals surface area contributed by atoms with Gasteiger partial charge < -0.3 is 11.1 Å². The van der Waals surface area contributed by atoms with Gasteiger partial charge in [-0.3, -0.25) is 4.79 Å². The van der Waals surface area contributed by atoms with Crippen molar-refractivity contribution in [3.05, 3.63) is 29.8 Å². The Morgan fingerprint density at radius 1 is 1.21 bits per heavy atom. The van der Waals surface area contributed by atoms with Gasteiger partial charge >= 0.3 is 0 Å². The summed E-state index contributed by atoms with van der Waals surface area (Å²) in [6.45, 7) is 10.3. The minimum Gasteiger partial charge on any atom is -0.324 e. The summed E-state index contributed by atoms with van der Waals surface area (Å²) in [5.41, 5.74) is 7.82. The first-order chi connectivity index (χ1) is 8.23. The Bertz CT molecular complexity index is 424. The first kappa shape index (κ1) is 17.9. The first-order valence-electron chi connectivity index (χ1n) is 6.39. The summed E-state index contributed by atoms with van der Waals surface area (Å²) in [4.78, 5) is 12.0. The Morgan fingerprint density at radius 2 is 1.74 bits per heavy atom. The van der Waals surface area contributed by atoms with Crippen LogP contribution in [0.25, 0.3) is 0 Å². The lowest BCUT2D eigenvalue weighted by Gasteiger charge is -2.24. The lowest BCUT2D eigenvalue weighted by Crippen LogP contribution is -2.40. The van der Waals surface area contributed by atoms with Crippen LogP contribution in [0.1, 0.15) is 40.2 Å². The van der Waals surface area contributed by atoms with Gasteiger partial charge in [0, 0.05) is 5.69 Å². The molecule has 0 unspecified atom stereocenters. The molecule has 1 aromatic carbocycles. The first-order valence-corrected chi connectivity index (χ1v) is 6.39. The van der Waals surface area contributed by atoms with E-state index in [9.17, 15) is 4.79 Å². The number of carbonyl (C=O) groups is 1. The quantitative estimate of drug-likeness (QED) is 0.894. The maximum atomic E-state index is 12.0. The predicted octanol–water partition coefficient (Wildman–Crippen LogP) is 3.33. The minimum atomic E-state index is -0.474. The molecule has 1 atom stereocenters. The second kappa shape index (κ2) is 6.92. The molecule has 0 aromatic heterocycles. The summed E-state index contributed by atoms with van der Waals surface area (Å²) in [6.07, 6.45) is 0. The van der Waals surface area contributed by atoms with Crippen molar-refractivity contribution in [2.75, 3.05) is 5.32 Å². The van der Waals surface area contributed by atoms with Crippen LogP contribution in [0.2, 0.25) is 0 Å². The zero-order valence-electron chi connectivity index (χ0n) is 12.4. The van der Waals surface area contributed by atoms with E-state index in [1.54, 1.807) is 0 Å². The highest BCUT2D eigenvalue weighted by Crippen LogP contribution is 2.29. The number of carbonyl (C=O) groups excluding carboxylic acids is 1. The Labute approximate surface area is 122 Å². The van der Waals surface area contributed by atoms with E-state index in [0.717, 1.165) is 11.3 Å². The van der Waals surface area contributed by atoms with Gasteiger partial charge in [0.05, 0.1) is 6.04 Å². The number of para-hydroxylation sites is 1. The lowest BCUT2D eigenvalue weighted by atomic mass is 9.85. The summed E-state index contributed by atoms with van der Waals surface area (Å²) >= 11 is 0. The van der Waals surface area contributed by atoms with Gasteiger partial charge in [0.2, 0.25) is 5.91 Å². The fourth-order valence-corrected chi connectivity index (χ4v) is 1.76. The smallest absolute Gasteiger partial charge is 0.241 e. The number of hydrogen-bond acceptors (Lipinski definition) is 2. The summed E-state index contributed by atoms with van der Waals surface area (Å²) in [5, 5.41) is 2.93. The summed E-state index contributed by atoms with van der Waals surface area (Å²) in [7, 11) is 0. The van der Waals surface area contributed by atoms with Crippen LogP contribution in [-0.4, -0.2) is 11.9 Å². The Morgan fingerprint density at radius 3 is 2.21 bits per heavy atom. The van der Waals surface area contributed by atoms with Crippen LogP contribution >= 0.6 is 12.4 Å². The minimum absolute atomic E-state index is 0. The van der Waals surface area contributed by atoms with Gasteiger partial charge in [-0.15, -0.1) is 12.4 Å². The average Bonchev–Trinajstić information content (AvgIpc) is 2.27. The van der Waals surface area contributed by atoms with E-state index in [4.69, 9.17) is 5.73 Å². The van der Waals surface area contributed by atoms with Crippen molar-refractivity contribution in [3.63, 3.8) is 0 Å². The molecule has 0 saturated carbocycles. The SMILES string of the molecule is CC(C)[C@@H](N)C(=O)Nc1ccccc1C(C)(C)C.Cl. The second-order valence-electron chi connectivity index (χ2n) is 6.05. The van der Waals surface area contributed by atoms with Gasteiger partial charge in [0.1, 0.15) is 0 Å². The lowest BCUT2D eigenvalue weighted by molar-refractivity contribution is -0.118. The molecule has 0 bridgehead atoms. The molecule has 3 N–H and O–H groups in total. The van der Waals surface area contributed by atoms with E-state index in [1.807, 2.05) is 38.1 Å². The van der Waals surface area contributed by atoms with Gasteiger partial charge in [0.15, 0.2) is 0 Å². The van der Waals surface area contributed by atoms with E-state index in [2.05, 4.69) is 26.1 Å². The van der Waals surface area contributed by atoms with Crippen LogP contribution in [0.3, 0.4) is 0 Å². The van der Waals surface area contributed by atoms with Crippen molar-refractivity contribution in [2.45, 2.75) is 46.1 Å². The van der Waals surface area contributed by atoms with Crippen LogP contribution in [0.15, 0.2) is 24.3 Å². The van der Waals surface area contributed by atoms with Crippen molar-refractivity contribution >= 4 is 24.0 Å². The highest BCUT2D eigenvalue weighted by atomic mass is 35.5. The number of benzene rings is 1. The van der Waals surface area contributed by atoms with Crippen molar-refractivity contribution in [1.82, 2.24) is 0 Å². The third-order valence-electron chi connectivity index (χ3n) is 3.01. The molecular weight excluding hydrogens is 260 g/mol. The maximum absolute atomic E-state index is 12.0. The molecule has 108 valence electrons. The fraction of sp³-hybridized carbons (Fsp3) is 0.533. The standard InChI is InChI=1S/C15H24N2O.ClH/c1-10(2)13(16)14(18)17-12-9-7-6-8-11(12)15(3,4)5;/h6-10,13H,16H2,1-5H3,(H,17,18);1H/t13-;/m1./s1. The molecular formula is C15H25ClN2O. The molecule has 1 rings (SSSR count). The number of nitrogens with two attached hydrogens (primary N) is 1. The molecule has 0 fully saturated rings. The molecule has 0 saturated heterocycles.